The highest BCUT2D eigenvalue weighted by Crippen LogP contribution is 2.25. The van der Waals surface area contributed by atoms with Gasteiger partial charge in [0.2, 0.25) is 5.65 Å². The molecule has 1 aliphatic heterocycles. The van der Waals surface area contributed by atoms with Crippen LogP contribution >= 0.6 is 0 Å². The van der Waals surface area contributed by atoms with Crippen LogP contribution in [0.1, 0.15) is 0 Å². The van der Waals surface area contributed by atoms with Crippen LogP contribution < -0.4 is 9.64 Å². The van der Waals surface area contributed by atoms with Crippen molar-refractivity contribution < 1.29 is 18.3 Å². The van der Waals surface area contributed by atoms with Gasteiger partial charge in [0.25, 0.3) is 0 Å². The summed E-state index contributed by atoms with van der Waals surface area (Å²) in [5.74, 6) is 1.46. The van der Waals surface area contributed by atoms with Crippen molar-refractivity contribution in [2.45, 2.75) is 6.61 Å². The zero-order valence-corrected chi connectivity index (χ0v) is 13.2. The predicted molar refractivity (Wildman–Crippen MR) is 85.9 cm³/mol. The molecule has 3 aromatic rings. The second-order valence-electron chi connectivity index (χ2n) is 5.47. The molecule has 0 amide bonds. The fourth-order valence-electron chi connectivity index (χ4n) is 2.79. The average Bonchev–Trinajstić information content (AvgIpc) is 3.07. The number of nitrogens with zero attached hydrogens (tertiary/aromatic N) is 5. The van der Waals surface area contributed by atoms with Crippen LogP contribution in [0.25, 0.3) is 17.0 Å². The molecule has 2 aromatic heterocycles. The summed E-state index contributed by atoms with van der Waals surface area (Å²) in [5.41, 5.74) is 1.39. The molecule has 0 spiro atoms. The van der Waals surface area contributed by atoms with Gasteiger partial charge in [-0.15, -0.1) is 10.2 Å². The lowest BCUT2D eigenvalue weighted by Crippen LogP contribution is -2.37. The highest BCUT2D eigenvalue weighted by atomic mass is 19.3. The lowest BCUT2D eigenvalue weighted by Gasteiger charge is -2.27. The molecule has 0 atom stereocenters. The fourth-order valence-corrected chi connectivity index (χ4v) is 2.79. The molecular formula is C16H15F2N5O2. The number of halogens is 2. The summed E-state index contributed by atoms with van der Waals surface area (Å²) in [4.78, 5) is 6.54. The highest BCUT2D eigenvalue weighted by molar-refractivity contribution is 5.69. The van der Waals surface area contributed by atoms with Crippen LogP contribution in [-0.2, 0) is 4.74 Å². The topological polar surface area (TPSA) is 64.8 Å². The number of benzene rings is 1. The molecular weight excluding hydrogens is 332 g/mol. The van der Waals surface area contributed by atoms with Crippen molar-refractivity contribution in [1.82, 2.24) is 19.6 Å². The fraction of sp³-hybridized carbons (Fsp3) is 0.312. The lowest BCUT2D eigenvalue weighted by molar-refractivity contribution is -0.0498. The molecule has 25 heavy (non-hydrogen) atoms. The molecule has 0 saturated carbocycles. The van der Waals surface area contributed by atoms with Crippen molar-refractivity contribution in [2.24, 2.45) is 0 Å². The molecule has 0 aliphatic carbocycles. The molecule has 9 heteroatoms. The molecule has 4 rings (SSSR count). The van der Waals surface area contributed by atoms with E-state index in [1.807, 2.05) is 4.40 Å². The Balaban J connectivity index is 1.69. The van der Waals surface area contributed by atoms with E-state index in [1.54, 1.807) is 24.5 Å². The van der Waals surface area contributed by atoms with Crippen molar-refractivity contribution >= 4 is 11.5 Å². The summed E-state index contributed by atoms with van der Waals surface area (Å²) in [5, 5.41) is 8.50. The molecule has 1 fully saturated rings. The first kappa shape index (κ1) is 15.7. The van der Waals surface area contributed by atoms with Gasteiger partial charge in [0.1, 0.15) is 5.75 Å². The standard InChI is InChI=1S/C16H15F2N5O2/c17-16(18)25-12-3-1-11(2-4-12)13-20-21-15-14(19-5-6-23(13)15)22-7-9-24-10-8-22/h1-6,16H,7-10H2. The van der Waals surface area contributed by atoms with Crippen LogP contribution in [0.4, 0.5) is 14.6 Å². The van der Waals surface area contributed by atoms with Gasteiger partial charge in [0.05, 0.1) is 13.2 Å². The minimum absolute atomic E-state index is 0.100. The first-order chi connectivity index (χ1) is 12.2. The summed E-state index contributed by atoms with van der Waals surface area (Å²) >= 11 is 0. The molecule has 3 heterocycles. The molecule has 1 saturated heterocycles. The SMILES string of the molecule is FC(F)Oc1ccc(-c2nnc3c(N4CCOCC4)nccn23)cc1. The molecule has 7 nitrogen and oxygen atoms in total. The number of fused-ring (bicyclic) bond motifs is 1. The quantitative estimate of drug-likeness (QED) is 0.721. The van der Waals surface area contributed by atoms with Crippen LogP contribution in [0.3, 0.4) is 0 Å². The zero-order valence-electron chi connectivity index (χ0n) is 13.2. The Kier molecular flexibility index (Phi) is 4.14. The van der Waals surface area contributed by atoms with E-state index in [4.69, 9.17) is 4.74 Å². The zero-order chi connectivity index (χ0) is 17.2. The molecule has 0 unspecified atom stereocenters. The number of alkyl halides is 2. The number of aromatic nitrogens is 4. The van der Waals surface area contributed by atoms with Gasteiger partial charge in [0.15, 0.2) is 11.6 Å². The van der Waals surface area contributed by atoms with Gasteiger partial charge in [-0.05, 0) is 24.3 Å². The van der Waals surface area contributed by atoms with Gasteiger partial charge in [-0.3, -0.25) is 4.40 Å². The van der Waals surface area contributed by atoms with E-state index in [0.717, 1.165) is 24.5 Å². The van der Waals surface area contributed by atoms with Crippen LogP contribution in [0, 0.1) is 0 Å². The Morgan fingerprint density at radius 1 is 1.08 bits per heavy atom. The Morgan fingerprint density at radius 2 is 1.84 bits per heavy atom. The summed E-state index contributed by atoms with van der Waals surface area (Å²) in [6, 6.07) is 6.30. The van der Waals surface area contributed by atoms with Crippen molar-refractivity contribution in [3.8, 4) is 17.1 Å². The van der Waals surface area contributed by atoms with E-state index >= 15 is 0 Å². The molecule has 130 valence electrons. The number of hydrogen-bond acceptors (Lipinski definition) is 6. The van der Waals surface area contributed by atoms with E-state index in [2.05, 4.69) is 24.8 Å². The van der Waals surface area contributed by atoms with Gasteiger partial charge in [-0.2, -0.15) is 8.78 Å². The Morgan fingerprint density at radius 3 is 2.56 bits per heavy atom. The predicted octanol–water partition coefficient (Wildman–Crippen LogP) is 2.23. The Hall–Kier alpha value is -2.81. The first-order valence-electron chi connectivity index (χ1n) is 7.80. The number of rotatable bonds is 4. The maximum Gasteiger partial charge on any atom is 0.387 e. The number of ether oxygens (including phenoxy) is 2. The second-order valence-corrected chi connectivity index (χ2v) is 5.47. The minimum Gasteiger partial charge on any atom is -0.435 e. The maximum absolute atomic E-state index is 12.3. The van der Waals surface area contributed by atoms with E-state index in [9.17, 15) is 8.78 Å². The van der Waals surface area contributed by atoms with E-state index < -0.39 is 6.61 Å². The van der Waals surface area contributed by atoms with Gasteiger partial charge < -0.3 is 14.4 Å². The van der Waals surface area contributed by atoms with Gasteiger partial charge in [-0.25, -0.2) is 4.98 Å². The molecule has 1 aliphatic rings. The second kappa shape index (κ2) is 6.60. The monoisotopic (exact) mass is 347 g/mol. The number of morpholine rings is 1. The third kappa shape index (κ3) is 3.10. The van der Waals surface area contributed by atoms with E-state index in [1.165, 1.54) is 12.1 Å². The summed E-state index contributed by atoms with van der Waals surface area (Å²) in [6.45, 7) is -0.0600. The molecule has 0 radical (unpaired) electrons. The van der Waals surface area contributed by atoms with Crippen molar-refractivity contribution in [1.29, 1.82) is 0 Å². The van der Waals surface area contributed by atoms with Crippen molar-refractivity contribution in [2.75, 3.05) is 31.2 Å². The maximum atomic E-state index is 12.3. The Labute approximate surface area is 141 Å². The van der Waals surface area contributed by atoms with E-state index in [-0.39, 0.29) is 5.75 Å². The molecule has 0 N–H and O–H groups in total. The van der Waals surface area contributed by atoms with Crippen molar-refractivity contribution in [3.05, 3.63) is 36.7 Å². The van der Waals surface area contributed by atoms with Gasteiger partial charge in [0, 0.05) is 31.0 Å². The van der Waals surface area contributed by atoms with Crippen LogP contribution in [0.2, 0.25) is 0 Å². The minimum atomic E-state index is -2.85. The number of anilines is 1. The van der Waals surface area contributed by atoms with Crippen LogP contribution in [-0.4, -0.2) is 52.5 Å². The van der Waals surface area contributed by atoms with Crippen molar-refractivity contribution in [3.63, 3.8) is 0 Å². The normalized spacial score (nSPS) is 15.1. The van der Waals surface area contributed by atoms with Gasteiger partial charge in [-0.1, -0.05) is 0 Å². The summed E-state index contributed by atoms with van der Waals surface area (Å²) in [7, 11) is 0. The lowest BCUT2D eigenvalue weighted by atomic mass is 10.2. The highest BCUT2D eigenvalue weighted by Gasteiger charge is 2.19. The smallest absolute Gasteiger partial charge is 0.387 e. The van der Waals surface area contributed by atoms with E-state index in [0.29, 0.717) is 24.7 Å². The van der Waals surface area contributed by atoms with Crippen LogP contribution in [0.15, 0.2) is 36.7 Å². The third-order valence-corrected chi connectivity index (χ3v) is 3.96. The number of hydrogen-bond donors (Lipinski definition) is 0. The average molecular weight is 347 g/mol. The third-order valence-electron chi connectivity index (χ3n) is 3.96. The Bertz CT molecular complexity index is 863. The molecule has 0 bridgehead atoms. The largest absolute Gasteiger partial charge is 0.435 e. The van der Waals surface area contributed by atoms with Crippen LogP contribution in [0.5, 0.6) is 5.75 Å². The summed E-state index contributed by atoms with van der Waals surface area (Å²) < 4.78 is 36.1. The van der Waals surface area contributed by atoms with Gasteiger partial charge >= 0.3 is 6.61 Å². The summed E-state index contributed by atoms with van der Waals surface area (Å²) in [6.07, 6.45) is 3.47. The first-order valence-corrected chi connectivity index (χ1v) is 7.80. The molecule has 1 aromatic carbocycles.